The third kappa shape index (κ3) is 4.22. The van der Waals surface area contributed by atoms with Gasteiger partial charge in [0, 0.05) is 25.2 Å². The summed E-state index contributed by atoms with van der Waals surface area (Å²) in [6, 6.07) is 0. The predicted molar refractivity (Wildman–Crippen MR) is 120 cm³/mol. The van der Waals surface area contributed by atoms with Gasteiger partial charge in [0.15, 0.2) is 0 Å². The molecule has 0 radical (unpaired) electrons. The number of carbonyl (C=O) groups excluding carboxylic acids is 3. The maximum Gasteiger partial charge on any atom is 0.309 e. The van der Waals surface area contributed by atoms with E-state index in [1.807, 2.05) is 27.7 Å². The minimum atomic E-state index is -0.855. The molecular weight excluding hydrogens is 424 g/mol. The molecule has 0 spiro atoms. The van der Waals surface area contributed by atoms with Gasteiger partial charge in [-0.3, -0.25) is 14.4 Å². The summed E-state index contributed by atoms with van der Waals surface area (Å²) in [6.07, 6.45) is 3.08. The van der Waals surface area contributed by atoms with Gasteiger partial charge in [-0.15, -0.1) is 0 Å². The molecule has 184 valence electrons. The minimum Gasteiger partial charge on any atom is -0.459 e. The highest BCUT2D eigenvalue weighted by Gasteiger charge is 2.66. The van der Waals surface area contributed by atoms with E-state index in [0.29, 0.717) is 32.1 Å². The third-order valence-corrected chi connectivity index (χ3v) is 8.54. The van der Waals surface area contributed by atoms with Gasteiger partial charge < -0.3 is 18.9 Å². The molecule has 0 amide bonds. The number of ether oxygens (including phenoxy) is 4. The molecule has 4 rings (SSSR count). The summed E-state index contributed by atoms with van der Waals surface area (Å²) in [7, 11) is 0. The molecule has 3 heterocycles. The first-order valence-corrected chi connectivity index (χ1v) is 12.4. The first-order chi connectivity index (χ1) is 15.5. The van der Waals surface area contributed by atoms with E-state index in [2.05, 4.69) is 6.58 Å². The first-order valence-electron chi connectivity index (χ1n) is 12.4. The van der Waals surface area contributed by atoms with Crippen LogP contribution in [0.1, 0.15) is 79.6 Å². The Morgan fingerprint density at radius 1 is 1.21 bits per heavy atom. The van der Waals surface area contributed by atoms with Crippen molar-refractivity contribution in [3.8, 4) is 0 Å². The van der Waals surface area contributed by atoms with Crippen LogP contribution in [0.15, 0.2) is 12.2 Å². The van der Waals surface area contributed by atoms with Crippen LogP contribution >= 0.6 is 0 Å². The summed E-state index contributed by atoms with van der Waals surface area (Å²) in [6.45, 7) is 13.5. The van der Waals surface area contributed by atoms with Crippen molar-refractivity contribution in [2.45, 2.75) is 109 Å². The first kappa shape index (κ1) is 24.2. The van der Waals surface area contributed by atoms with Crippen molar-refractivity contribution in [2.24, 2.45) is 23.7 Å². The van der Waals surface area contributed by atoms with Crippen LogP contribution in [-0.2, 0) is 33.3 Å². The molecule has 0 N–H and O–H groups in total. The molecule has 2 bridgehead atoms. The molecule has 1 saturated carbocycles. The van der Waals surface area contributed by atoms with Gasteiger partial charge in [0.1, 0.15) is 23.4 Å². The largest absolute Gasteiger partial charge is 0.459 e. The molecule has 9 atom stereocenters. The quantitative estimate of drug-likeness (QED) is 0.353. The van der Waals surface area contributed by atoms with Crippen LogP contribution < -0.4 is 0 Å². The van der Waals surface area contributed by atoms with Crippen LogP contribution in [0.4, 0.5) is 0 Å². The van der Waals surface area contributed by atoms with E-state index in [9.17, 15) is 14.4 Å². The predicted octanol–water partition coefficient (Wildman–Crippen LogP) is 4.12. The lowest BCUT2D eigenvalue weighted by molar-refractivity contribution is -0.181. The molecule has 33 heavy (non-hydrogen) atoms. The van der Waals surface area contributed by atoms with Crippen molar-refractivity contribution < 1.29 is 33.3 Å². The average molecular weight is 463 g/mol. The summed E-state index contributed by atoms with van der Waals surface area (Å²) in [5.41, 5.74) is -0.759. The molecule has 4 fully saturated rings. The van der Waals surface area contributed by atoms with Crippen LogP contribution in [0.3, 0.4) is 0 Å². The highest BCUT2D eigenvalue weighted by Crippen LogP contribution is 2.59. The molecule has 0 aromatic carbocycles. The Labute approximate surface area is 196 Å². The second-order valence-electron chi connectivity index (χ2n) is 11.0. The molecule has 1 aliphatic carbocycles. The van der Waals surface area contributed by atoms with Gasteiger partial charge in [-0.2, -0.15) is 0 Å². The molecule has 0 aromatic heterocycles. The Hall–Kier alpha value is -1.89. The Kier molecular flexibility index (Phi) is 6.40. The molecule has 3 saturated heterocycles. The number of hydrogen-bond acceptors (Lipinski definition) is 7. The normalized spacial score (nSPS) is 44.6. The van der Waals surface area contributed by atoms with E-state index >= 15 is 0 Å². The highest BCUT2D eigenvalue weighted by atomic mass is 16.6. The summed E-state index contributed by atoms with van der Waals surface area (Å²) in [4.78, 5) is 37.5. The fourth-order valence-electron chi connectivity index (χ4n) is 6.95. The summed E-state index contributed by atoms with van der Waals surface area (Å²) < 4.78 is 24.6. The van der Waals surface area contributed by atoms with Crippen molar-refractivity contribution in [3.05, 3.63) is 12.2 Å². The van der Waals surface area contributed by atoms with Crippen LogP contribution in [0.2, 0.25) is 0 Å². The van der Waals surface area contributed by atoms with E-state index in [0.717, 1.165) is 18.4 Å². The molecule has 7 nitrogen and oxygen atoms in total. The van der Waals surface area contributed by atoms with Gasteiger partial charge in [-0.05, 0) is 63.9 Å². The zero-order valence-electron chi connectivity index (χ0n) is 20.6. The summed E-state index contributed by atoms with van der Waals surface area (Å²) in [5, 5.41) is 0. The zero-order chi connectivity index (χ0) is 24.1. The maximum absolute atomic E-state index is 13.1. The number of fused-ring (bicyclic) bond motifs is 2. The fraction of sp³-hybridized carbons (Fsp3) is 0.808. The SMILES string of the molecule is C=C1CC2OC3C4C(CC[C@@](C)(OC(=O)CCC)C24)C(C)C(=O)O[C@@]3(C)CCC1OC(C)=O. The van der Waals surface area contributed by atoms with Gasteiger partial charge in [0.25, 0.3) is 0 Å². The van der Waals surface area contributed by atoms with Crippen molar-refractivity contribution >= 4 is 17.9 Å². The van der Waals surface area contributed by atoms with Crippen LogP contribution in [-0.4, -0.2) is 47.4 Å². The van der Waals surface area contributed by atoms with Crippen molar-refractivity contribution in [2.75, 3.05) is 0 Å². The molecule has 7 heteroatoms. The van der Waals surface area contributed by atoms with E-state index in [1.54, 1.807) is 0 Å². The molecule has 3 aliphatic heterocycles. The van der Waals surface area contributed by atoms with Crippen molar-refractivity contribution in [1.29, 1.82) is 0 Å². The number of carbonyl (C=O) groups is 3. The van der Waals surface area contributed by atoms with E-state index in [4.69, 9.17) is 18.9 Å². The lowest BCUT2D eigenvalue weighted by atomic mass is 9.58. The lowest BCUT2D eigenvalue weighted by Crippen LogP contribution is -2.55. The van der Waals surface area contributed by atoms with Gasteiger partial charge in [0.2, 0.25) is 0 Å². The zero-order valence-corrected chi connectivity index (χ0v) is 20.6. The third-order valence-electron chi connectivity index (χ3n) is 8.54. The molecule has 0 aromatic rings. The Bertz CT molecular complexity index is 836. The van der Waals surface area contributed by atoms with E-state index < -0.39 is 17.3 Å². The Balaban J connectivity index is 1.78. The topological polar surface area (TPSA) is 88.1 Å². The summed E-state index contributed by atoms with van der Waals surface area (Å²) in [5.74, 6) is -0.968. The van der Waals surface area contributed by atoms with E-state index in [1.165, 1.54) is 6.92 Å². The minimum absolute atomic E-state index is 0.0349. The number of hydrogen-bond donors (Lipinski definition) is 0. The fourth-order valence-corrected chi connectivity index (χ4v) is 6.95. The van der Waals surface area contributed by atoms with Gasteiger partial charge in [0.05, 0.1) is 12.0 Å². The summed E-state index contributed by atoms with van der Waals surface area (Å²) >= 11 is 0. The van der Waals surface area contributed by atoms with Crippen molar-refractivity contribution in [3.63, 3.8) is 0 Å². The lowest BCUT2D eigenvalue weighted by Gasteiger charge is -2.49. The second-order valence-corrected chi connectivity index (χ2v) is 11.0. The second kappa shape index (κ2) is 8.71. The molecule has 4 aliphatic rings. The van der Waals surface area contributed by atoms with Crippen molar-refractivity contribution in [1.82, 2.24) is 0 Å². The highest BCUT2D eigenvalue weighted by molar-refractivity contribution is 5.74. The number of rotatable bonds is 4. The smallest absolute Gasteiger partial charge is 0.309 e. The van der Waals surface area contributed by atoms with Gasteiger partial charge in [-0.1, -0.05) is 20.4 Å². The van der Waals surface area contributed by atoms with Crippen LogP contribution in [0.5, 0.6) is 0 Å². The van der Waals surface area contributed by atoms with Gasteiger partial charge >= 0.3 is 17.9 Å². The van der Waals surface area contributed by atoms with E-state index in [-0.39, 0.29) is 53.8 Å². The standard InChI is InChI=1S/C26H38O7/c1-7-8-20(28)32-25(5)11-9-17-15(3)24(29)33-26(6)12-10-18(30-16(4)27)14(2)13-19-22(25)21(17)23(26)31-19/h15,17-19,21-23H,2,7-13H2,1,3-6H3/t15?,17?,18?,19?,21?,22?,23?,25-,26+/m1/s1. The molecule has 7 unspecified atom stereocenters. The number of esters is 3. The molecular formula is C26H38O7. The monoisotopic (exact) mass is 462 g/mol. The maximum atomic E-state index is 13.1. The van der Waals surface area contributed by atoms with Gasteiger partial charge in [-0.25, -0.2) is 0 Å². The Morgan fingerprint density at radius 2 is 1.94 bits per heavy atom. The average Bonchev–Trinajstić information content (AvgIpc) is 3.09. The Morgan fingerprint density at radius 3 is 2.61 bits per heavy atom. The van der Waals surface area contributed by atoms with Crippen LogP contribution in [0, 0.1) is 23.7 Å². The van der Waals surface area contributed by atoms with Crippen LogP contribution in [0.25, 0.3) is 0 Å².